The predicted molar refractivity (Wildman–Crippen MR) is 61.0 cm³/mol. The maximum absolute atomic E-state index is 13.3. The standard InChI is InChI=1S/C12H18F2N2/c1-12(2,15)8-16(3)7-9-4-5-10(13)6-11(9)14/h4-6H,7-8,15H2,1-3H3. The molecule has 0 spiro atoms. The maximum Gasteiger partial charge on any atom is 0.130 e. The van der Waals surface area contributed by atoms with Gasteiger partial charge >= 0.3 is 0 Å². The molecule has 90 valence electrons. The summed E-state index contributed by atoms with van der Waals surface area (Å²) in [5, 5.41) is 0. The van der Waals surface area contributed by atoms with Crippen LogP contribution in [-0.2, 0) is 6.54 Å². The Kier molecular flexibility index (Phi) is 3.99. The highest BCUT2D eigenvalue weighted by Crippen LogP contribution is 2.12. The summed E-state index contributed by atoms with van der Waals surface area (Å²) in [5.41, 5.74) is 6.01. The zero-order valence-electron chi connectivity index (χ0n) is 9.93. The van der Waals surface area contributed by atoms with Crippen LogP contribution in [0, 0.1) is 11.6 Å². The summed E-state index contributed by atoms with van der Waals surface area (Å²) in [6, 6.07) is 3.63. The number of halogens is 2. The van der Waals surface area contributed by atoms with Gasteiger partial charge < -0.3 is 10.6 Å². The summed E-state index contributed by atoms with van der Waals surface area (Å²) < 4.78 is 26.0. The Hall–Kier alpha value is -1.00. The Morgan fingerprint density at radius 2 is 1.94 bits per heavy atom. The van der Waals surface area contributed by atoms with Gasteiger partial charge in [-0.2, -0.15) is 0 Å². The molecule has 1 aromatic carbocycles. The third-order valence-corrected chi connectivity index (χ3v) is 2.13. The van der Waals surface area contributed by atoms with E-state index in [0.29, 0.717) is 18.7 Å². The first-order chi connectivity index (χ1) is 7.28. The van der Waals surface area contributed by atoms with Gasteiger partial charge in [0.1, 0.15) is 11.6 Å². The Morgan fingerprint density at radius 3 is 2.44 bits per heavy atom. The SMILES string of the molecule is CN(Cc1ccc(F)cc1F)CC(C)(C)N. The Morgan fingerprint density at radius 1 is 1.31 bits per heavy atom. The normalized spacial score (nSPS) is 12.2. The van der Waals surface area contributed by atoms with Gasteiger partial charge in [-0.25, -0.2) is 8.78 Å². The van der Waals surface area contributed by atoms with Crippen molar-refractivity contribution in [2.45, 2.75) is 25.9 Å². The molecular weight excluding hydrogens is 210 g/mol. The van der Waals surface area contributed by atoms with Gasteiger partial charge in [0.05, 0.1) is 0 Å². The fourth-order valence-electron chi connectivity index (χ4n) is 1.69. The van der Waals surface area contributed by atoms with E-state index in [9.17, 15) is 8.78 Å². The van der Waals surface area contributed by atoms with Crippen molar-refractivity contribution in [2.24, 2.45) is 5.73 Å². The topological polar surface area (TPSA) is 29.3 Å². The van der Waals surface area contributed by atoms with Crippen molar-refractivity contribution in [1.82, 2.24) is 4.90 Å². The molecule has 4 heteroatoms. The van der Waals surface area contributed by atoms with Gasteiger partial charge in [0.15, 0.2) is 0 Å². The van der Waals surface area contributed by atoms with Crippen LogP contribution in [0.4, 0.5) is 8.78 Å². The summed E-state index contributed by atoms with van der Waals surface area (Å²) in [7, 11) is 1.86. The molecule has 0 unspecified atom stereocenters. The monoisotopic (exact) mass is 228 g/mol. The molecule has 0 bridgehead atoms. The van der Waals surface area contributed by atoms with Gasteiger partial charge in [-0.1, -0.05) is 6.07 Å². The van der Waals surface area contributed by atoms with E-state index >= 15 is 0 Å². The minimum absolute atomic E-state index is 0.328. The first kappa shape index (κ1) is 13.1. The molecule has 0 saturated heterocycles. The number of likely N-dealkylation sites (N-methyl/N-ethyl adjacent to an activating group) is 1. The molecule has 1 aromatic rings. The van der Waals surface area contributed by atoms with Crippen LogP contribution in [0.1, 0.15) is 19.4 Å². The Labute approximate surface area is 95.1 Å². The van der Waals surface area contributed by atoms with Gasteiger partial charge in [-0.15, -0.1) is 0 Å². The number of hydrogen-bond acceptors (Lipinski definition) is 2. The van der Waals surface area contributed by atoms with Crippen LogP contribution < -0.4 is 5.73 Å². The van der Waals surface area contributed by atoms with Gasteiger partial charge in [0, 0.05) is 30.3 Å². The Balaban J connectivity index is 2.66. The smallest absolute Gasteiger partial charge is 0.130 e. The summed E-state index contributed by atoms with van der Waals surface area (Å²) in [5.74, 6) is -1.07. The molecule has 1 rings (SSSR count). The van der Waals surface area contributed by atoms with Crippen molar-refractivity contribution in [3.63, 3.8) is 0 Å². The molecule has 0 fully saturated rings. The Bertz CT molecular complexity index is 359. The van der Waals surface area contributed by atoms with E-state index in [-0.39, 0.29) is 5.54 Å². The second-order valence-electron chi connectivity index (χ2n) is 4.90. The number of nitrogens with zero attached hydrogens (tertiary/aromatic N) is 1. The summed E-state index contributed by atoms with van der Waals surface area (Å²) in [4.78, 5) is 1.91. The summed E-state index contributed by atoms with van der Waals surface area (Å²) >= 11 is 0. The van der Waals surface area contributed by atoms with Gasteiger partial charge in [-0.3, -0.25) is 0 Å². The van der Waals surface area contributed by atoms with Crippen molar-refractivity contribution in [3.05, 3.63) is 35.4 Å². The molecule has 16 heavy (non-hydrogen) atoms. The average molecular weight is 228 g/mol. The number of nitrogens with two attached hydrogens (primary N) is 1. The van der Waals surface area contributed by atoms with Crippen LogP contribution in [0.2, 0.25) is 0 Å². The maximum atomic E-state index is 13.3. The van der Waals surface area contributed by atoms with Crippen LogP contribution in [0.25, 0.3) is 0 Å². The van der Waals surface area contributed by atoms with Crippen molar-refractivity contribution in [2.75, 3.05) is 13.6 Å². The van der Waals surface area contributed by atoms with Crippen LogP contribution in [-0.4, -0.2) is 24.0 Å². The molecule has 0 atom stereocenters. The van der Waals surface area contributed by atoms with Gasteiger partial charge in [0.25, 0.3) is 0 Å². The van der Waals surface area contributed by atoms with Crippen molar-refractivity contribution in [1.29, 1.82) is 0 Å². The summed E-state index contributed by atoms with van der Waals surface area (Å²) in [6.45, 7) is 4.88. The molecule has 2 nitrogen and oxygen atoms in total. The molecule has 0 aliphatic rings. The highest BCUT2D eigenvalue weighted by Gasteiger charge is 2.15. The lowest BCUT2D eigenvalue weighted by atomic mass is 10.1. The van der Waals surface area contributed by atoms with E-state index in [1.54, 1.807) is 0 Å². The molecule has 0 radical (unpaired) electrons. The van der Waals surface area contributed by atoms with Gasteiger partial charge in [0.2, 0.25) is 0 Å². The highest BCUT2D eigenvalue weighted by atomic mass is 19.1. The number of hydrogen-bond donors (Lipinski definition) is 1. The average Bonchev–Trinajstić information content (AvgIpc) is 2.06. The molecule has 0 saturated carbocycles. The number of benzene rings is 1. The third-order valence-electron chi connectivity index (χ3n) is 2.13. The minimum Gasteiger partial charge on any atom is -0.324 e. The largest absolute Gasteiger partial charge is 0.324 e. The lowest BCUT2D eigenvalue weighted by Crippen LogP contribution is -2.43. The molecule has 2 N–H and O–H groups in total. The van der Waals surface area contributed by atoms with Crippen LogP contribution in [0.3, 0.4) is 0 Å². The molecule has 0 aliphatic carbocycles. The van der Waals surface area contributed by atoms with E-state index in [1.165, 1.54) is 12.1 Å². The molecule has 0 heterocycles. The van der Waals surface area contributed by atoms with Crippen LogP contribution in [0.15, 0.2) is 18.2 Å². The molecule has 0 amide bonds. The molecule has 0 aromatic heterocycles. The fourth-order valence-corrected chi connectivity index (χ4v) is 1.69. The predicted octanol–water partition coefficient (Wildman–Crippen LogP) is 2.13. The molecular formula is C12H18F2N2. The fraction of sp³-hybridized carbons (Fsp3) is 0.500. The van der Waals surface area contributed by atoms with Gasteiger partial charge in [-0.05, 0) is 27.0 Å². The van der Waals surface area contributed by atoms with E-state index in [1.807, 2.05) is 25.8 Å². The third kappa shape index (κ3) is 4.24. The quantitative estimate of drug-likeness (QED) is 0.855. The zero-order valence-corrected chi connectivity index (χ0v) is 9.93. The lowest BCUT2D eigenvalue weighted by Gasteiger charge is -2.26. The van der Waals surface area contributed by atoms with Crippen molar-refractivity contribution in [3.8, 4) is 0 Å². The zero-order chi connectivity index (χ0) is 12.3. The first-order valence-corrected chi connectivity index (χ1v) is 5.19. The first-order valence-electron chi connectivity index (χ1n) is 5.19. The van der Waals surface area contributed by atoms with Crippen LogP contribution >= 0.6 is 0 Å². The summed E-state index contributed by atoms with van der Waals surface area (Å²) in [6.07, 6.45) is 0. The second-order valence-corrected chi connectivity index (χ2v) is 4.90. The van der Waals surface area contributed by atoms with Crippen molar-refractivity contribution >= 4 is 0 Å². The second kappa shape index (κ2) is 4.89. The van der Waals surface area contributed by atoms with E-state index in [4.69, 9.17) is 5.73 Å². The minimum atomic E-state index is -0.553. The molecule has 0 aliphatic heterocycles. The number of rotatable bonds is 4. The van der Waals surface area contributed by atoms with E-state index in [2.05, 4.69) is 0 Å². The lowest BCUT2D eigenvalue weighted by molar-refractivity contribution is 0.260. The van der Waals surface area contributed by atoms with E-state index < -0.39 is 11.6 Å². The van der Waals surface area contributed by atoms with Crippen molar-refractivity contribution < 1.29 is 8.78 Å². The highest BCUT2D eigenvalue weighted by molar-refractivity contribution is 5.18. The van der Waals surface area contributed by atoms with Crippen LogP contribution in [0.5, 0.6) is 0 Å². The van der Waals surface area contributed by atoms with E-state index in [0.717, 1.165) is 6.07 Å².